The molecule has 0 aliphatic rings. The fraction of sp³-hybridized carbons (Fsp3) is 0.455. The van der Waals surface area contributed by atoms with Gasteiger partial charge in [0.1, 0.15) is 0 Å². The van der Waals surface area contributed by atoms with Gasteiger partial charge in [-0.05, 0) is 6.07 Å². The van der Waals surface area contributed by atoms with Crippen molar-refractivity contribution >= 4 is 17.6 Å². The van der Waals surface area contributed by atoms with Gasteiger partial charge in [0.25, 0.3) is 0 Å². The number of nitrogens with zero attached hydrogens (tertiary/aromatic N) is 1. The molecule has 0 saturated heterocycles. The molecule has 0 saturated carbocycles. The van der Waals surface area contributed by atoms with Crippen molar-refractivity contribution in [3.63, 3.8) is 0 Å². The molecule has 1 aromatic heterocycles. The maximum atomic E-state index is 12.9. The zero-order chi connectivity index (χ0) is 17.1. The molecule has 1 heterocycles. The van der Waals surface area contributed by atoms with Crippen LogP contribution in [0.4, 0.5) is 26.3 Å². The third kappa shape index (κ3) is 4.93. The molecule has 4 nitrogen and oxygen atoms in total. The Bertz CT molecular complexity index is 558. The van der Waals surface area contributed by atoms with Crippen LogP contribution in [0.1, 0.15) is 17.0 Å². The third-order valence-electron chi connectivity index (χ3n) is 2.34. The van der Waals surface area contributed by atoms with Crippen molar-refractivity contribution in [2.45, 2.75) is 24.8 Å². The number of pyridine rings is 1. The lowest BCUT2D eigenvalue weighted by Crippen LogP contribution is -2.21. The van der Waals surface area contributed by atoms with Crippen LogP contribution >= 0.6 is 11.6 Å². The molecule has 0 N–H and O–H groups in total. The third-order valence-corrected chi connectivity index (χ3v) is 2.59. The Kier molecular flexibility index (Phi) is 5.49. The molecular formula is C11H8ClF6NO3. The van der Waals surface area contributed by atoms with E-state index in [-0.39, 0.29) is 6.07 Å². The van der Waals surface area contributed by atoms with Crippen molar-refractivity contribution in [1.82, 2.24) is 4.98 Å². The molecule has 0 aromatic carbocycles. The van der Waals surface area contributed by atoms with Crippen molar-refractivity contribution in [1.29, 1.82) is 0 Å². The molecule has 1 aromatic rings. The van der Waals surface area contributed by atoms with Crippen LogP contribution in [-0.2, 0) is 28.0 Å². The molecule has 1 rings (SSSR count). The largest absolute Gasteiger partial charge is 0.573 e. The van der Waals surface area contributed by atoms with E-state index in [9.17, 15) is 31.1 Å². The Balaban J connectivity index is 3.42. The highest BCUT2D eigenvalue weighted by molar-refractivity contribution is 6.17. The second-order valence-corrected chi connectivity index (χ2v) is 4.13. The SMILES string of the molecule is COC(=O)Cc1nc(CCl)c(OC(F)(F)F)cc1C(F)(F)F. The molecule has 124 valence electrons. The van der Waals surface area contributed by atoms with E-state index in [4.69, 9.17) is 11.6 Å². The lowest BCUT2D eigenvalue weighted by atomic mass is 10.1. The smallest absolute Gasteiger partial charge is 0.469 e. The molecule has 0 atom stereocenters. The zero-order valence-corrected chi connectivity index (χ0v) is 11.6. The van der Waals surface area contributed by atoms with Crippen LogP contribution in [0.15, 0.2) is 6.07 Å². The van der Waals surface area contributed by atoms with E-state index >= 15 is 0 Å². The maximum Gasteiger partial charge on any atom is 0.573 e. The summed E-state index contributed by atoms with van der Waals surface area (Å²) in [5, 5.41) is 0. The van der Waals surface area contributed by atoms with Crippen LogP contribution in [0.2, 0.25) is 0 Å². The quantitative estimate of drug-likeness (QED) is 0.473. The Morgan fingerprint density at radius 3 is 2.23 bits per heavy atom. The molecule has 0 radical (unpaired) electrons. The number of esters is 1. The lowest BCUT2D eigenvalue weighted by Gasteiger charge is -2.17. The number of hydrogen-bond acceptors (Lipinski definition) is 4. The fourth-order valence-corrected chi connectivity index (χ4v) is 1.67. The molecule has 22 heavy (non-hydrogen) atoms. The van der Waals surface area contributed by atoms with Gasteiger partial charge in [-0.1, -0.05) is 0 Å². The maximum absolute atomic E-state index is 12.9. The van der Waals surface area contributed by atoms with Gasteiger partial charge >= 0.3 is 18.5 Å². The van der Waals surface area contributed by atoms with Gasteiger partial charge in [-0.3, -0.25) is 9.78 Å². The number of carbonyl (C=O) groups is 1. The van der Waals surface area contributed by atoms with Gasteiger partial charge in [0.15, 0.2) is 5.75 Å². The van der Waals surface area contributed by atoms with Gasteiger partial charge < -0.3 is 9.47 Å². The summed E-state index contributed by atoms with van der Waals surface area (Å²) < 4.78 is 83.0. The van der Waals surface area contributed by atoms with Crippen LogP contribution in [0.3, 0.4) is 0 Å². The first-order chi connectivity index (χ1) is 9.97. The van der Waals surface area contributed by atoms with Crippen LogP contribution in [0.25, 0.3) is 0 Å². The fourth-order valence-electron chi connectivity index (χ4n) is 1.47. The summed E-state index contributed by atoms with van der Waals surface area (Å²) >= 11 is 5.36. The first-order valence-corrected chi connectivity index (χ1v) is 6.00. The van der Waals surface area contributed by atoms with Gasteiger partial charge in [-0.2, -0.15) is 13.2 Å². The Labute approximate surface area is 125 Å². The number of aromatic nitrogens is 1. The first-order valence-electron chi connectivity index (χ1n) is 5.46. The number of hydrogen-bond donors (Lipinski definition) is 0. The second kappa shape index (κ2) is 6.59. The molecule has 0 aliphatic heterocycles. The number of alkyl halides is 7. The van der Waals surface area contributed by atoms with Gasteiger partial charge in [0, 0.05) is 0 Å². The standard InChI is InChI=1S/C11H8ClF6NO3/c1-21-9(20)3-6-5(10(13,14)15)2-8(7(4-12)19-6)22-11(16,17)18/h2H,3-4H2,1H3. The summed E-state index contributed by atoms with van der Waals surface area (Å²) in [4.78, 5) is 14.5. The van der Waals surface area contributed by atoms with E-state index in [1.165, 1.54) is 0 Å². The summed E-state index contributed by atoms with van der Waals surface area (Å²) in [5.41, 5.74) is -2.92. The van der Waals surface area contributed by atoms with Gasteiger partial charge in [0.05, 0.1) is 36.4 Å². The minimum Gasteiger partial charge on any atom is -0.469 e. The van der Waals surface area contributed by atoms with E-state index in [2.05, 4.69) is 14.5 Å². The molecule has 0 spiro atoms. The number of carbonyl (C=O) groups excluding carboxylic acids is 1. The molecular weight excluding hydrogens is 344 g/mol. The number of methoxy groups -OCH3 is 1. The predicted octanol–water partition coefficient (Wildman–Crippen LogP) is 3.45. The van der Waals surface area contributed by atoms with Crippen LogP contribution < -0.4 is 4.74 Å². The molecule has 0 unspecified atom stereocenters. The molecule has 0 aliphatic carbocycles. The van der Waals surface area contributed by atoms with Crippen molar-refractivity contribution in [3.8, 4) is 5.75 Å². The Morgan fingerprint density at radius 2 is 1.82 bits per heavy atom. The van der Waals surface area contributed by atoms with Crippen LogP contribution in [0, 0.1) is 0 Å². The normalized spacial score (nSPS) is 12.2. The molecule has 11 heteroatoms. The highest BCUT2D eigenvalue weighted by Crippen LogP contribution is 2.37. The average Bonchev–Trinajstić information content (AvgIpc) is 2.36. The summed E-state index contributed by atoms with van der Waals surface area (Å²) in [5.74, 6) is -2.86. The van der Waals surface area contributed by atoms with E-state index in [1.807, 2.05) is 0 Å². The second-order valence-electron chi connectivity index (χ2n) is 3.86. The van der Waals surface area contributed by atoms with Gasteiger partial charge in [-0.25, -0.2) is 0 Å². The number of ether oxygens (including phenoxy) is 2. The van der Waals surface area contributed by atoms with E-state index in [0.29, 0.717) is 0 Å². The van der Waals surface area contributed by atoms with E-state index in [0.717, 1.165) is 7.11 Å². The summed E-state index contributed by atoms with van der Waals surface area (Å²) in [6.45, 7) is 0. The lowest BCUT2D eigenvalue weighted by molar-refractivity contribution is -0.275. The summed E-state index contributed by atoms with van der Waals surface area (Å²) in [7, 11) is 0.944. The molecule has 0 bridgehead atoms. The summed E-state index contributed by atoms with van der Waals surface area (Å²) in [6, 6.07) is 0.108. The van der Waals surface area contributed by atoms with Crippen molar-refractivity contribution in [2.24, 2.45) is 0 Å². The number of rotatable bonds is 4. The van der Waals surface area contributed by atoms with Crippen molar-refractivity contribution in [2.75, 3.05) is 7.11 Å². The number of halogens is 7. The van der Waals surface area contributed by atoms with Gasteiger partial charge in [0.2, 0.25) is 0 Å². The first kappa shape index (κ1) is 18.3. The van der Waals surface area contributed by atoms with E-state index in [1.54, 1.807) is 0 Å². The summed E-state index contributed by atoms with van der Waals surface area (Å²) in [6.07, 6.45) is -11.1. The van der Waals surface area contributed by atoms with Crippen molar-refractivity contribution < 1.29 is 40.6 Å². The van der Waals surface area contributed by atoms with Crippen molar-refractivity contribution in [3.05, 3.63) is 23.0 Å². The topological polar surface area (TPSA) is 48.4 Å². The predicted molar refractivity (Wildman–Crippen MR) is 61.2 cm³/mol. The minimum absolute atomic E-state index is 0.108. The molecule has 0 amide bonds. The minimum atomic E-state index is -5.21. The average molecular weight is 352 g/mol. The Morgan fingerprint density at radius 1 is 1.23 bits per heavy atom. The van der Waals surface area contributed by atoms with Gasteiger partial charge in [-0.15, -0.1) is 24.8 Å². The highest BCUT2D eigenvalue weighted by atomic mass is 35.5. The van der Waals surface area contributed by atoms with E-state index < -0.39 is 53.5 Å². The highest BCUT2D eigenvalue weighted by Gasteiger charge is 2.38. The van der Waals surface area contributed by atoms with Crippen LogP contribution in [-0.4, -0.2) is 24.4 Å². The Hall–Kier alpha value is -1.71. The molecule has 0 fully saturated rings. The van der Waals surface area contributed by atoms with Crippen LogP contribution in [0.5, 0.6) is 5.75 Å². The zero-order valence-electron chi connectivity index (χ0n) is 10.8. The monoisotopic (exact) mass is 351 g/mol.